The molecule has 3 aliphatic rings. The third-order valence-corrected chi connectivity index (χ3v) is 7.39. The molecule has 6 rings (SSSR count). The Labute approximate surface area is 190 Å². The maximum Gasteiger partial charge on any atom is 0.320 e. The zero-order valence-electron chi connectivity index (χ0n) is 17.8. The number of carbonyl (C=O) groups is 1. The zero-order valence-corrected chi connectivity index (χ0v) is 18.6. The monoisotopic (exact) mass is 447 g/mol. The molecule has 8 nitrogen and oxygen atoms in total. The molecular weight excluding hydrogens is 422 g/mol. The second kappa shape index (κ2) is 8.05. The summed E-state index contributed by atoms with van der Waals surface area (Å²) in [4.78, 5) is 30.0. The van der Waals surface area contributed by atoms with Crippen LogP contribution < -0.4 is 10.6 Å². The van der Waals surface area contributed by atoms with Crippen molar-refractivity contribution >= 4 is 44.9 Å². The number of thiazole rings is 1. The predicted molar refractivity (Wildman–Crippen MR) is 127 cm³/mol. The highest BCUT2D eigenvalue weighted by molar-refractivity contribution is 7.16. The largest absolute Gasteiger partial charge is 0.363 e. The standard InChI is InChI=1S/C23H25N7OS/c31-23(29-7-1-2-8-29)30-9-5-15(6-10-30)19-12-17-21(24-13-25-22(17)28-19)27-16-3-4-18-20(11-16)32-14-26-18/h3-5,11,13-14,19H,1-2,6-10,12H2,(H2,24,25,27,28). The third-order valence-electron chi connectivity index (χ3n) is 6.60. The van der Waals surface area contributed by atoms with Gasteiger partial charge in [0, 0.05) is 43.9 Å². The van der Waals surface area contributed by atoms with Crippen molar-refractivity contribution in [3.05, 3.63) is 47.2 Å². The van der Waals surface area contributed by atoms with Gasteiger partial charge in [-0.2, -0.15) is 0 Å². The van der Waals surface area contributed by atoms with Crippen molar-refractivity contribution in [1.29, 1.82) is 0 Å². The second-order valence-electron chi connectivity index (χ2n) is 8.56. The first-order valence-corrected chi connectivity index (χ1v) is 12.1. The topological polar surface area (TPSA) is 86.3 Å². The van der Waals surface area contributed by atoms with E-state index < -0.39 is 0 Å². The SMILES string of the molecule is O=C(N1CC=C(C2Cc3c(Nc4ccc5ncsc5c4)ncnc3N2)CC1)N1CCCC1. The minimum Gasteiger partial charge on any atom is -0.363 e. The van der Waals surface area contributed by atoms with Gasteiger partial charge in [0.1, 0.15) is 18.0 Å². The van der Waals surface area contributed by atoms with Crippen LogP contribution in [0.3, 0.4) is 0 Å². The highest BCUT2D eigenvalue weighted by Crippen LogP contribution is 2.34. The number of hydrogen-bond donors (Lipinski definition) is 2. The second-order valence-corrected chi connectivity index (χ2v) is 9.45. The van der Waals surface area contributed by atoms with E-state index in [0.29, 0.717) is 6.54 Å². The Kier molecular flexibility index (Phi) is 4.90. The number of likely N-dealkylation sites (tertiary alicyclic amines) is 1. The Morgan fingerprint density at radius 1 is 1.12 bits per heavy atom. The van der Waals surface area contributed by atoms with E-state index in [9.17, 15) is 4.79 Å². The van der Waals surface area contributed by atoms with Crippen molar-refractivity contribution < 1.29 is 4.79 Å². The molecule has 0 saturated carbocycles. The van der Waals surface area contributed by atoms with E-state index in [-0.39, 0.29) is 12.1 Å². The Bertz CT molecular complexity index is 1200. The average molecular weight is 448 g/mol. The smallest absolute Gasteiger partial charge is 0.320 e. The molecule has 0 spiro atoms. The first kappa shape index (κ1) is 19.5. The first-order chi connectivity index (χ1) is 15.7. The number of amides is 2. The fourth-order valence-corrected chi connectivity index (χ4v) is 5.55. The van der Waals surface area contributed by atoms with E-state index in [2.05, 4.69) is 37.7 Å². The van der Waals surface area contributed by atoms with Crippen molar-refractivity contribution in [3.8, 4) is 0 Å². The highest BCUT2D eigenvalue weighted by Gasteiger charge is 2.31. The molecule has 1 aromatic carbocycles. The minimum atomic E-state index is 0.190. The van der Waals surface area contributed by atoms with Gasteiger partial charge in [0.15, 0.2) is 0 Å². The van der Waals surface area contributed by atoms with Gasteiger partial charge in [0.05, 0.1) is 21.8 Å². The van der Waals surface area contributed by atoms with Crippen molar-refractivity contribution in [3.63, 3.8) is 0 Å². The molecule has 0 bridgehead atoms. The Morgan fingerprint density at radius 3 is 2.88 bits per heavy atom. The summed E-state index contributed by atoms with van der Waals surface area (Å²) in [6.07, 6.45) is 7.81. The molecule has 164 valence electrons. The number of hydrogen-bond acceptors (Lipinski definition) is 7. The van der Waals surface area contributed by atoms with Gasteiger partial charge in [-0.15, -0.1) is 11.3 Å². The number of carbonyl (C=O) groups excluding carboxylic acids is 1. The van der Waals surface area contributed by atoms with Crippen LogP contribution >= 0.6 is 11.3 Å². The molecule has 1 fully saturated rings. The third kappa shape index (κ3) is 3.56. The van der Waals surface area contributed by atoms with Gasteiger partial charge in [-0.05, 0) is 43.0 Å². The molecule has 1 atom stereocenters. The summed E-state index contributed by atoms with van der Waals surface area (Å²) >= 11 is 1.63. The van der Waals surface area contributed by atoms with Gasteiger partial charge in [-0.1, -0.05) is 6.08 Å². The van der Waals surface area contributed by atoms with E-state index in [4.69, 9.17) is 0 Å². The summed E-state index contributed by atoms with van der Waals surface area (Å²) in [6, 6.07) is 6.56. The van der Waals surface area contributed by atoms with Gasteiger partial charge in [-0.3, -0.25) is 0 Å². The van der Waals surface area contributed by atoms with E-state index in [0.717, 1.165) is 78.4 Å². The van der Waals surface area contributed by atoms with Crippen molar-refractivity contribution in [1.82, 2.24) is 24.8 Å². The molecule has 2 N–H and O–H groups in total. The molecule has 2 amide bonds. The number of fused-ring (bicyclic) bond motifs is 2. The molecule has 1 unspecified atom stereocenters. The van der Waals surface area contributed by atoms with Crippen LogP contribution in [0.1, 0.15) is 24.8 Å². The normalized spacial score (nSPS) is 20.2. The first-order valence-electron chi connectivity index (χ1n) is 11.2. The summed E-state index contributed by atoms with van der Waals surface area (Å²) in [5.41, 5.74) is 6.34. The zero-order chi connectivity index (χ0) is 21.5. The lowest BCUT2D eigenvalue weighted by Crippen LogP contribution is -2.44. The summed E-state index contributed by atoms with van der Waals surface area (Å²) in [7, 11) is 0. The van der Waals surface area contributed by atoms with Gasteiger partial charge < -0.3 is 20.4 Å². The van der Waals surface area contributed by atoms with Gasteiger partial charge >= 0.3 is 6.03 Å². The van der Waals surface area contributed by atoms with Crippen LogP contribution in [0.4, 0.5) is 22.1 Å². The molecular formula is C23H25N7OS. The lowest BCUT2D eigenvalue weighted by molar-refractivity contribution is 0.166. The molecule has 1 saturated heterocycles. The van der Waals surface area contributed by atoms with Gasteiger partial charge in [0.2, 0.25) is 0 Å². The van der Waals surface area contributed by atoms with Gasteiger partial charge in [0.25, 0.3) is 0 Å². The number of urea groups is 1. The van der Waals surface area contributed by atoms with Crippen molar-refractivity contribution in [2.75, 3.05) is 36.8 Å². The molecule has 5 heterocycles. The molecule has 3 aliphatic heterocycles. The number of aromatic nitrogens is 3. The summed E-state index contributed by atoms with van der Waals surface area (Å²) in [5, 5.41) is 7.05. The van der Waals surface area contributed by atoms with Crippen LogP contribution in [-0.4, -0.2) is 63.0 Å². The lowest BCUT2D eigenvalue weighted by atomic mass is 9.97. The fourth-order valence-electron chi connectivity index (χ4n) is 4.83. The summed E-state index contributed by atoms with van der Waals surface area (Å²) < 4.78 is 1.15. The van der Waals surface area contributed by atoms with Crippen LogP contribution in [0.5, 0.6) is 0 Å². The molecule has 2 aromatic heterocycles. The van der Waals surface area contributed by atoms with E-state index in [1.807, 2.05) is 27.4 Å². The Balaban J connectivity index is 1.15. The molecule has 3 aromatic rings. The number of rotatable bonds is 3. The van der Waals surface area contributed by atoms with Crippen LogP contribution in [0, 0.1) is 0 Å². The van der Waals surface area contributed by atoms with E-state index in [1.165, 1.54) is 5.57 Å². The highest BCUT2D eigenvalue weighted by atomic mass is 32.1. The Morgan fingerprint density at radius 2 is 2.03 bits per heavy atom. The van der Waals surface area contributed by atoms with E-state index in [1.54, 1.807) is 17.7 Å². The molecule has 0 radical (unpaired) electrons. The number of benzene rings is 1. The van der Waals surface area contributed by atoms with Crippen LogP contribution in [0.25, 0.3) is 10.2 Å². The Hall–Kier alpha value is -3.20. The van der Waals surface area contributed by atoms with Crippen molar-refractivity contribution in [2.24, 2.45) is 0 Å². The van der Waals surface area contributed by atoms with Crippen molar-refractivity contribution in [2.45, 2.75) is 31.7 Å². The van der Waals surface area contributed by atoms with Crippen LogP contribution in [-0.2, 0) is 6.42 Å². The summed E-state index contributed by atoms with van der Waals surface area (Å²) in [6.45, 7) is 3.26. The lowest BCUT2D eigenvalue weighted by Gasteiger charge is -2.31. The number of anilines is 3. The number of nitrogens with one attached hydrogen (secondary N) is 2. The quantitative estimate of drug-likeness (QED) is 0.590. The van der Waals surface area contributed by atoms with Crippen LogP contribution in [0.2, 0.25) is 0 Å². The molecule has 32 heavy (non-hydrogen) atoms. The minimum absolute atomic E-state index is 0.190. The fraction of sp³-hybridized carbons (Fsp3) is 0.391. The summed E-state index contributed by atoms with van der Waals surface area (Å²) in [5.74, 6) is 1.74. The van der Waals surface area contributed by atoms with Gasteiger partial charge in [-0.25, -0.2) is 19.7 Å². The molecule has 9 heteroatoms. The maximum absolute atomic E-state index is 12.7. The van der Waals surface area contributed by atoms with E-state index >= 15 is 0 Å². The number of nitrogens with zero attached hydrogens (tertiary/aromatic N) is 5. The predicted octanol–water partition coefficient (Wildman–Crippen LogP) is 4.01. The molecule has 0 aliphatic carbocycles. The van der Waals surface area contributed by atoms with Crippen LogP contribution in [0.15, 0.2) is 41.7 Å². The maximum atomic E-state index is 12.7. The average Bonchev–Trinajstić information content (AvgIpc) is 3.59.